The number of alkyl halides is 2. The van der Waals surface area contributed by atoms with Gasteiger partial charge in [-0.3, -0.25) is 14.7 Å². The molecule has 5 rings (SSSR count). The maximum atomic E-state index is 13.7. The molecule has 2 aromatic carbocycles. The van der Waals surface area contributed by atoms with Gasteiger partial charge >= 0.3 is 6.55 Å². The van der Waals surface area contributed by atoms with Crippen LogP contribution in [-0.2, 0) is 0 Å². The second-order valence-corrected chi connectivity index (χ2v) is 9.43. The van der Waals surface area contributed by atoms with Gasteiger partial charge in [-0.05, 0) is 48.2 Å². The SMILES string of the molecule is CN=C(N)N(C(=O)c1ccc(-c2cnn(C(F)F)c2)cc1)C(CO)c1ccc(Cl)c(-c2ncnn2C2CC2)c1. The van der Waals surface area contributed by atoms with Gasteiger partial charge in [0.25, 0.3) is 5.91 Å². The molecular formula is C26H25ClF2N8O2. The predicted molar refractivity (Wildman–Crippen MR) is 141 cm³/mol. The number of amides is 1. The van der Waals surface area contributed by atoms with Gasteiger partial charge in [-0.1, -0.05) is 29.8 Å². The Labute approximate surface area is 227 Å². The number of aromatic nitrogens is 5. The summed E-state index contributed by atoms with van der Waals surface area (Å²) in [5.41, 5.74) is 8.68. The molecule has 1 unspecified atom stereocenters. The zero-order chi connectivity index (χ0) is 27.7. The third kappa shape index (κ3) is 5.25. The van der Waals surface area contributed by atoms with Crippen LogP contribution in [0.2, 0.25) is 5.02 Å². The van der Waals surface area contributed by atoms with Crippen molar-refractivity contribution in [2.45, 2.75) is 31.5 Å². The Kier molecular flexibility index (Phi) is 7.40. The molecule has 1 fully saturated rings. The lowest BCUT2D eigenvalue weighted by atomic mass is 10.0. The second kappa shape index (κ2) is 10.9. The minimum atomic E-state index is -2.75. The van der Waals surface area contributed by atoms with E-state index >= 15 is 0 Å². The maximum absolute atomic E-state index is 13.7. The number of guanidine groups is 1. The van der Waals surface area contributed by atoms with Gasteiger partial charge in [0.2, 0.25) is 0 Å². The van der Waals surface area contributed by atoms with Crippen LogP contribution in [0.3, 0.4) is 0 Å². The number of hydrogen-bond acceptors (Lipinski definition) is 6. The molecule has 4 aromatic rings. The van der Waals surface area contributed by atoms with E-state index in [0.717, 1.165) is 12.8 Å². The third-order valence-corrected chi connectivity index (χ3v) is 6.86. The number of rotatable bonds is 8. The first-order valence-corrected chi connectivity index (χ1v) is 12.5. The molecule has 1 amide bonds. The van der Waals surface area contributed by atoms with Crippen LogP contribution < -0.4 is 5.73 Å². The number of carbonyl (C=O) groups excluding carboxylic acids is 1. The Morgan fingerprint density at radius 3 is 2.56 bits per heavy atom. The van der Waals surface area contributed by atoms with Gasteiger partial charge in [-0.25, -0.2) is 14.3 Å². The van der Waals surface area contributed by atoms with Gasteiger partial charge in [-0.2, -0.15) is 19.0 Å². The van der Waals surface area contributed by atoms with Crippen molar-refractivity contribution in [3.05, 3.63) is 77.3 Å². The molecule has 1 atom stereocenters. The van der Waals surface area contributed by atoms with Crippen LogP contribution in [0, 0.1) is 0 Å². The summed E-state index contributed by atoms with van der Waals surface area (Å²) in [7, 11) is 1.44. The average molecular weight is 555 g/mol. The van der Waals surface area contributed by atoms with E-state index in [9.17, 15) is 18.7 Å². The Morgan fingerprint density at radius 1 is 1.21 bits per heavy atom. The van der Waals surface area contributed by atoms with E-state index in [4.69, 9.17) is 17.3 Å². The zero-order valence-corrected chi connectivity index (χ0v) is 21.6. The monoisotopic (exact) mass is 554 g/mol. The number of benzene rings is 2. The third-order valence-electron chi connectivity index (χ3n) is 6.53. The largest absolute Gasteiger partial charge is 0.394 e. The highest BCUT2D eigenvalue weighted by molar-refractivity contribution is 6.33. The van der Waals surface area contributed by atoms with Gasteiger partial charge in [0, 0.05) is 29.9 Å². The summed E-state index contributed by atoms with van der Waals surface area (Å²) in [5, 5.41) is 18.8. The number of aliphatic hydroxyl groups is 1. The van der Waals surface area contributed by atoms with Crippen LogP contribution in [0.4, 0.5) is 8.78 Å². The zero-order valence-electron chi connectivity index (χ0n) is 20.8. The van der Waals surface area contributed by atoms with Crippen molar-refractivity contribution in [3.8, 4) is 22.5 Å². The Hall–Kier alpha value is -4.16. The summed E-state index contributed by atoms with van der Waals surface area (Å²) >= 11 is 6.52. The van der Waals surface area contributed by atoms with Crippen molar-refractivity contribution < 1.29 is 18.7 Å². The molecule has 13 heteroatoms. The minimum absolute atomic E-state index is 0.0982. The summed E-state index contributed by atoms with van der Waals surface area (Å²) in [5.74, 6) is -0.00888. The number of hydrogen-bond donors (Lipinski definition) is 2. The van der Waals surface area contributed by atoms with E-state index in [1.807, 2.05) is 4.68 Å². The molecule has 0 spiro atoms. The molecule has 1 saturated carbocycles. The average Bonchev–Trinajstić information content (AvgIpc) is 3.45. The summed E-state index contributed by atoms with van der Waals surface area (Å²) in [6, 6.07) is 10.9. The van der Waals surface area contributed by atoms with Crippen molar-refractivity contribution in [2.75, 3.05) is 13.7 Å². The molecule has 202 valence electrons. The number of halogens is 3. The van der Waals surface area contributed by atoms with Crippen molar-refractivity contribution in [1.82, 2.24) is 29.4 Å². The molecule has 2 heterocycles. The van der Waals surface area contributed by atoms with Gasteiger partial charge in [0.15, 0.2) is 11.8 Å². The Bertz CT molecular complexity index is 1510. The predicted octanol–water partition coefficient (Wildman–Crippen LogP) is 4.31. The van der Waals surface area contributed by atoms with Gasteiger partial charge in [-0.15, -0.1) is 0 Å². The Balaban J connectivity index is 1.47. The Morgan fingerprint density at radius 2 is 1.95 bits per heavy atom. The molecule has 0 saturated heterocycles. The topological polar surface area (TPSA) is 127 Å². The molecule has 1 aliphatic carbocycles. The summed E-state index contributed by atoms with van der Waals surface area (Å²) < 4.78 is 28.2. The molecule has 1 aliphatic rings. The standard InChI is InChI=1S/C26H25ClF2N8O2/c1-31-26(30)36(24(39)16-4-2-15(3-5-16)18-11-33-35(12-18)25(28)29)22(13-38)17-6-9-21(27)20(10-17)23-32-14-34-37(23)19-7-8-19/h2-6,9-12,14,19,22,25,38H,7-8,13H2,1H3,(H2,30,31). The smallest absolute Gasteiger partial charge is 0.333 e. The van der Waals surface area contributed by atoms with Crippen molar-refractivity contribution in [3.63, 3.8) is 0 Å². The molecule has 0 bridgehead atoms. The second-order valence-electron chi connectivity index (χ2n) is 9.02. The van der Waals surface area contributed by atoms with E-state index in [2.05, 4.69) is 20.2 Å². The first-order chi connectivity index (χ1) is 18.8. The highest BCUT2D eigenvalue weighted by Gasteiger charge is 2.31. The van der Waals surface area contributed by atoms with Crippen LogP contribution in [0.5, 0.6) is 0 Å². The molecule has 10 nitrogen and oxygen atoms in total. The fourth-order valence-corrected chi connectivity index (χ4v) is 4.54. The van der Waals surface area contributed by atoms with Crippen LogP contribution in [0.15, 0.2) is 66.2 Å². The quantitative estimate of drug-likeness (QED) is 0.247. The first-order valence-electron chi connectivity index (χ1n) is 12.1. The molecule has 3 N–H and O–H groups in total. The first kappa shape index (κ1) is 26.4. The lowest BCUT2D eigenvalue weighted by molar-refractivity contribution is 0.0566. The lowest BCUT2D eigenvalue weighted by Gasteiger charge is -2.30. The van der Waals surface area contributed by atoms with Gasteiger partial charge < -0.3 is 10.8 Å². The number of nitrogens with two attached hydrogens (primary N) is 1. The maximum Gasteiger partial charge on any atom is 0.333 e. The highest BCUT2D eigenvalue weighted by atomic mass is 35.5. The van der Waals surface area contributed by atoms with Gasteiger partial charge in [0.1, 0.15) is 6.33 Å². The number of carbonyl (C=O) groups is 1. The fourth-order valence-electron chi connectivity index (χ4n) is 4.34. The summed E-state index contributed by atoms with van der Waals surface area (Å²) in [6.07, 6.45) is 6.03. The minimum Gasteiger partial charge on any atom is -0.394 e. The van der Waals surface area contributed by atoms with Crippen LogP contribution >= 0.6 is 11.6 Å². The molecular weight excluding hydrogens is 530 g/mol. The molecule has 39 heavy (non-hydrogen) atoms. The number of aliphatic imine (C=N–C) groups is 1. The van der Waals surface area contributed by atoms with Gasteiger partial charge in [0.05, 0.1) is 29.9 Å². The van der Waals surface area contributed by atoms with E-state index in [-0.39, 0.29) is 17.6 Å². The highest BCUT2D eigenvalue weighted by Crippen LogP contribution is 2.39. The van der Waals surface area contributed by atoms with Crippen molar-refractivity contribution >= 4 is 23.5 Å². The van der Waals surface area contributed by atoms with Crippen molar-refractivity contribution in [1.29, 1.82) is 0 Å². The van der Waals surface area contributed by atoms with Crippen LogP contribution in [-0.4, -0.2) is 60.1 Å². The van der Waals surface area contributed by atoms with E-state index < -0.39 is 25.1 Å². The molecule has 0 radical (unpaired) electrons. The lowest BCUT2D eigenvalue weighted by Crippen LogP contribution is -2.45. The summed E-state index contributed by atoms with van der Waals surface area (Å²) in [4.78, 5) is 23.3. The van der Waals surface area contributed by atoms with Crippen LogP contribution in [0.1, 0.15) is 47.4 Å². The number of aliphatic hydroxyl groups excluding tert-OH is 1. The summed E-state index contributed by atoms with van der Waals surface area (Å²) in [6.45, 7) is -3.21. The molecule has 0 aliphatic heterocycles. The van der Waals surface area contributed by atoms with Crippen LogP contribution in [0.25, 0.3) is 22.5 Å². The number of nitrogens with zero attached hydrogens (tertiary/aromatic N) is 7. The van der Waals surface area contributed by atoms with E-state index in [1.165, 1.54) is 30.7 Å². The van der Waals surface area contributed by atoms with Crippen molar-refractivity contribution in [2.24, 2.45) is 10.7 Å². The molecule has 2 aromatic heterocycles. The van der Waals surface area contributed by atoms with E-state index in [1.54, 1.807) is 42.5 Å². The normalized spacial score (nSPS) is 14.6. The van der Waals surface area contributed by atoms with E-state index in [0.29, 0.717) is 37.8 Å². The fraction of sp³-hybridized carbons (Fsp3) is 0.269.